The maximum atomic E-state index is 12.0. The number of nitrogens with one attached hydrogen (secondary N) is 2. The molecular formula is C18H19N3O2. The lowest BCUT2D eigenvalue weighted by Gasteiger charge is -2.11. The number of nitrogens with zero attached hydrogens (tertiary/aromatic N) is 1. The van der Waals surface area contributed by atoms with E-state index in [-0.39, 0.29) is 5.91 Å². The fourth-order valence-electron chi connectivity index (χ4n) is 2.58. The largest absolute Gasteiger partial charge is 0.388 e. The first-order valence-electron chi connectivity index (χ1n) is 7.65. The van der Waals surface area contributed by atoms with Gasteiger partial charge < -0.3 is 15.4 Å². The lowest BCUT2D eigenvalue weighted by atomic mass is 10.1. The molecule has 0 spiro atoms. The third kappa shape index (κ3) is 3.76. The highest BCUT2D eigenvalue weighted by Gasteiger charge is 2.10. The van der Waals surface area contributed by atoms with E-state index >= 15 is 0 Å². The molecule has 0 saturated heterocycles. The van der Waals surface area contributed by atoms with Crippen molar-refractivity contribution in [1.29, 1.82) is 0 Å². The minimum absolute atomic E-state index is 0.0602. The first-order valence-corrected chi connectivity index (χ1v) is 7.65. The Hall–Kier alpha value is -2.66. The number of hydrogen-bond donors (Lipinski definition) is 3. The fraction of sp³-hybridized carbons (Fsp3) is 0.222. The molecule has 1 unspecified atom stereocenters. The molecule has 3 rings (SSSR count). The Morgan fingerprint density at radius 1 is 1.22 bits per heavy atom. The Morgan fingerprint density at radius 2 is 2.04 bits per heavy atom. The summed E-state index contributed by atoms with van der Waals surface area (Å²) in [5.41, 5.74) is 2.58. The smallest absolute Gasteiger partial charge is 0.224 e. The summed E-state index contributed by atoms with van der Waals surface area (Å²) < 4.78 is 0. The van der Waals surface area contributed by atoms with Gasteiger partial charge in [-0.2, -0.15) is 0 Å². The number of aliphatic hydroxyl groups excluding tert-OH is 1. The summed E-state index contributed by atoms with van der Waals surface area (Å²) in [6.45, 7) is 0.440. The zero-order chi connectivity index (χ0) is 16.1. The van der Waals surface area contributed by atoms with Crippen molar-refractivity contribution in [2.45, 2.75) is 18.9 Å². The van der Waals surface area contributed by atoms with Crippen molar-refractivity contribution in [3.05, 3.63) is 66.0 Å². The average Bonchev–Trinajstić information content (AvgIpc) is 2.99. The van der Waals surface area contributed by atoms with E-state index in [4.69, 9.17) is 0 Å². The van der Waals surface area contributed by atoms with Gasteiger partial charge in [0.15, 0.2) is 0 Å². The van der Waals surface area contributed by atoms with Gasteiger partial charge in [-0.05, 0) is 29.7 Å². The normalized spacial score (nSPS) is 12.2. The molecule has 3 N–H and O–H groups in total. The van der Waals surface area contributed by atoms with Crippen molar-refractivity contribution in [2.75, 3.05) is 6.54 Å². The van der Waals surface area contributed by atoms with Crippen LogP contribution in [0.4, 0.5) is 0 Å². The molecule has 2 heterocycles. The third-order valence-electron chi connectivity index (χ3n) is 3.81. The molecule has 5 heteroatoms. The average molecular weight is 309 g/mol. The van der Waals surface area contributed by atoms with Crippen LogP contribution in [0.25, 0.3) is 11.0 Å². The Labute approximate surface area is 134 Å². The van der Waals surface area contributed by atoms with Crippen LogP contribution in [0.3, 0.4) is 0 Å². The molecule has 3 aromatic rings. The van der Waals surface area contributed by atoms with E-state index in [9.17, 15) is 9.90 Å². The van der Waals surface area contributed by atoms with Crippen LogP contribution in [0.15, 0.2) is 54.9 Å². The number of hydrogen-bond acceptors (Lipinski definition) is 3. The first kappa shape index (κ1) is 15.2. The van der Waals surface area contributed by atoms with E-state index < -0.39 is 6.10 Å². The second kappa shape index (κ2) is 7.07. The summed E-state index contributed by atoms with van der Waals surface area (Å²) >= 11 is 0. The number of aromatic nitrogens is 2. The highest BCUT2D eigenvalue weighted by atomic mass is 16.3. The predicted molar refractivity (Wildman–Crippen MR) is 88.8 cm³/mol. The second-order valence-corrected chi connectivity index (χ2v) is 5.46. The number of rotatable bonds is 6. The number of aliphatic hydroxyl groups is 1. The van der Waals surface area contributed by atoms with Crippen LogP contribution in [0.2, 0.25) is 0 Å². The van der Waals surface area contributed by atoms with E-state index in [1.54, 1.807) is 6.20 Å². The van der Waals surface area contributed by atoms with Crippen molar-refractivity contribution in [1.82, 2.24) is 15.3 Å². The minimum Gasteiger partial charge on any atom is -0.388 e. The molecule has 0 fully saturated rings. The summed E-state index contributed by atoms with van der Waals surface area (Å²) in [5, 5.41) is 13.9. The molecular weight excluding hydrogens is 290 g/mol. The highest BCUT2D eigenvalue weighted by Crippen LogP contribution is 2.17. The first-order chi connectivity index (χ1) is 11.2. The van der Waals surface area contributed by atoms with Gasteiger partial charge in [-0.3, -0.25) is 4.79 Å². The quantitative estimate of drug-likeness (QED) is 0.654. The van der Waals surface area contributed by atoms with Crippen LogP contribution in [0, 0.1) is 0 Å². The lowest BCUT2D eigenvalue weighted by Crippen LogP contribution is -2.27. The van der Waals surface area contributed by atoms with Crippen molar-refractivity contribution >= 4 is 16.9 Å². The molecule has 118 valence electrons. The van der Waals surface area contributed by atoms with E-state index in [0.717, 1.165) is 22.2 Å². The molecule has 0 saturated carbocycles. The summed E-state index contributed by atoms with van der Waals surface area (Å²) in [5.74, 6) is -0.0602. The number of aromatic amines is 1. The van der Waals surface area contributed by atoms with Gasteiger partial charge in [0.05, 0.1) is 12.5 Å². The van der Waals surface area contributed by atoms with E-state index in [1.165, 1.54) is 0 Å². The van der Waals surface area contributed by atoms with Crippen LogP contribution < -0.4 is 5.32 Å². The molecule has 2 aromatic heterocycles. The molecule has 23 heavy (non-hydrogen) atoms. The van der Waals surface area contributed by atoms with Gasteiger partial charge >= 0.3 is 0 Å². The second-order valence-electron chi connectivity index (χ2n) is 5.46. The number of benzene rings is 1. The Balaban J connectivity index is 1.50. The predicted octanol–water partition coefficient (Wildman–Crippen LogP) is 2.35. The summed E-state index contributed by atoms with van der Waals surface area (Å²) in [6, 6.07) is 13.3. The van der Waals surface area contributed by atoms with Crippen LogP contribution in [0.5, 0.6) is 0 Å². The number of amides is 1. The van der Waals surface area contributed by atoms with Crippen LogP contribution >= 0.6 is 0 Å². The van der Waals surface area contributed by atoms with Crippen molar-refractivity contribution < 1.29 is 9.90 Å². The van der Waals surface area contributed by atoms with Crippen molar-refractivity contribution in [3.8, 4) is 0 Å². The molecule has 0 aliphatic carbocycles. The van der Waals surface area contributed by atoms with Crippen LogP contribution in [0.1, 0.15) is 23.7 Å². The Bertz CT molecular complexity index is 783. The van der Waals surface area contributed by atoms with Gasteiger partial charge in [0.1, 0.15) is 5.65 Å². The van der Waals surface area contributed by atoms with Gasteiger partial charge in [-0.25, -0.2) is 4.98 Å². The third-order valence-corrected chi connectivity index (χ3v) is 3.81. The summed E-state index contributed by atoms with van der Waals surface area (Å²) in [4.78, 5) is 19.3. The monoisotopic (exact) mass is 309 g/mol. The van der Waals surface area contributed by atoms with Crippen molar-refractivity contribution in [2.24, 2.45) is 0 Å². The van der Waals surface area contributed by atoms with Crippen molar-refractivity contribution in [3.63, 3.8) is 0 Å². The van der Waals surface area contributed by atoms with E-state index in [0.29, 0.717) is 19.4 Å². The maximum Gasteiger partial charge on any atom is 0.224 e. The topological polar surface area (TPSA) is 78.0 Å². The number of pyridine rings is 1. The highest BCUT2D eigenvalue weighted by molar-refractivity contribution is 5.86. The molecule has 0 bridgehead atoms. The zero-order valence-corrected chi connectivity index (χ0v) is 12.7. The number of fused-ring (bicyclic) bond motifs is 1. The Kier molecular flexibility index (Phi) is 4.68. The zero-order valence-electron chi connectivity index (χ0n) is 12.7. The SMILES string of the molecule is O=C(Cc1c[nH]c2ncccc12)NCCC(O)c1ccccc1. The van der Waals surface area contributed by atoms with Gasteiger partial charge in [-0.1, -0.05) is 30.3 Å². The van der Waals surface area contributed by atoms with Gasteiger partial charge in [-0.15, -0.1) is 0 Å². The molecule has 0 aliphatic heterocycles. The maximum absolute atomic E-state index is 12.0. The number of H-pyrrole nitrogens is 1. The fourth-order valence-corrected chi connectivity index (χ4v) is 2.58. The van der Waals surface area contributed by atoms with Crippen LogP contribution in [-0.4, -0.2) is 27.5 Å². The molecule has 1 amide bonds. The van der Waals surface area contributed by atoms with Gasteiger partial charge in [0.25, 0.3) is 0 Å². The van der Waals surface area contributed by atoms with Gasteiger partial charge in [0, 0.05) is 24.3 Å². The molecule has 5 nitrogen and oxygen atoms in total. The molecule has 1 aromatic carbocycles. The molecule has 1 atom stereocenters. The number of carbonyl (C=O) groups is 1. The standard InChI is InChI=1S/C18H19N3O2/c22-16(13-5-2-1-3-6-13)8-10-19-17(23)11-14-12-21-18-15(14)7-4-9-20-18/h1-7,9,12,16,22H,8,10-11H2,(H,19,23)(H,20,21). The molecule has 0 aliphatic rings. The lowest BCUT2D eigenvalue weighted by molar-refractivity contribution is -0.120. The minimum atomic E-state index is -0.561. The van der Waals surface area contributed by atoms with Crippen LogP contribution in [-0.2, 0) is 11.2 Å². The molecule has 0 radical (unpaired) electrons. The van der Waals surface area contributed by atoms with Gasteiger partial charge in [0.2, 0.25) is 5.91 Å². The Morgan fingerprint density at radius 3 is 2.87 bits per heavy atom. The summed E-state index contributed by atoms with van der Waals surface area (Å²) in [6.07, 6.45) is 3.76. The number of carbonyl (C=O) groups excluding carboxylic acids is 1. The summed E-state index contributed by atoms with van der Waals surface area (Å²) in [7, 11) is 0. The van der Waals surface area contributed by atoms with E-state index in [2.05, 4.69) is 15.3 Å². The van der Waals surface area contributed by atoms with E-state index in [1.807, 2.05) is 48.7 Å².